The summed E-state index contributed by atoms with van der Waals surface area (Å²) in [6.45, 7) is 3.90. The van der Waals surface area contributed by atoms with Crippen molar-refractivity contribution in [3.05, 3.63) is 54.2 Å². The Morgan fingerprint density at radius 3 is 2.53 bits per heavy atom. The van der Waals surface area contributed by atoms with Crippen LogP contribution in [-0.4, -0.2) is 66.7 Å². The predicted octanol–water partition coefficient (Wildman–Crippen LogP) is 1.52. The zero-order valence-corrected chi connectivity index (χ0v) is 20.1. The number of nitrogens with zero attached hydrogens (tertiary/aromatic N) is 4. The number of aromatic amines is 2. The maximum Gasteiger partial charge on any atom is 0.327 e. The number of fused-ring (bicyclic) bond motifs is 3. The van der Waals surface area contributed by atoms with Gasteiger partial charge in [0.1, 0.15) is 5.65 Å². The zero-order valence-electron chi connectivity index (χ0n) is 19.3. The molecule has 2 saturated heterocycles. The molecule has 2 aliphatic rings. The summed E-state index contributed by atoms with van der Waals surface area (Å²) in [5.41, 5.74) is 0.132. The molecular formula is C23H26N6O4S. The maximum absolute atomic E-state index is 13.2. The highest BCUT2D eigenvalue weighted by Crippen LogP contribution is 2.38. The van der Waals surface area contributed by atoms with Gasteiger partial charge in [0, 0.05) is 36.2 Å². The summed E-state index contributed by atoms with van der Waals surface area (Å²) in [4.78, 5) is 67.8. The first-order valence-corrected chi connectivity index (χ1v) is 12.2. The lowest BCUT2D eigenvalue weighted by molar-refractivity contribution is -0.135. The van der Waals surface area contributed by atoms with Crippen molar-refractivity contribution in [2.45, 2.75) is 64.1 Å². The third-order valence-electron chi connectivity index (χ3n) is 7.01. The van der Waals surface area contributed by atoms with Gasteiger partial charge in [-0.2, -0.15) is 0 Å². The van der Waals surface area contributed by atoms with Gasteiger partial charge in [-0.1, -0.05) is 0 Å². The molecule has 34 heavy (non-hydrogen) atoms. The van der Waals surface area contributed by atoms with E-state index < -0.39 is 11.2 Å². The van der Waals surface area contributed by atoms with E-state index >= 15 is 0 Å². The van der Waals surface area contributed by atoms with Gasteiger partial charge in [-0.25, -0.2) is 14.8 Å². The molecule has 0 saturated carbocycles. The zero-order chi connectivity index (χ0) is 24.1. The summed E-state index contributed by atoms with van der Waals surface area (Å²) < 4.78 is 0. The molecule has 5 rings (SSSR count). The minimum absolute atomic E-state index is 0.00834. The van der Waals surface area contributed by atoms with Crippen LogP contribution in [-0.2, 0) is 11.2 Å². The Labute approximate surface area is 199 Å². The lowest BCUT2D eigenvalue weighted by atomic mass is 9.95. The molecular weight excluding hydrogens is 456 g/mol. The molecule has 2 aliphatic heterocycles. The molecule has 2 unspecified atom stereocenters. The molecule has 3 aromatic rings. The number of pyridine rings is 1. The van der Waals surface area contributed by atoms with Crippen molar-refractivity contribution in [3.63, 3.8) is 0 Å². The molecule has 11 heteroatoms. The van der Waals surface area contributed by atoms with Gasteiger partial charge in [-0.05, 0) is 45.6 Å². The lowest BCUT2D eigenvalue weighted by Gasteiger charge is -2.42. The molecule has 0 spiro atoms. The van der Waals surface area contributed by atoms with Crippen molar-refractivity contribution < 1.29 is 9.59 Å². The second-order valence-electron chi connectivity index (χ2n) is 9.17. The van der Waals surface area contributed by atoms with E-state index in [2.05, 4.69) is 19.9 Å². The van der Waals surface area contributed by atoms with Crippen molar-refractivity contribution in [1.29, 1.82) is 0 Å². The normalized spacial score (nSPS) is 21.7. The first-order valence-electron chi connectivity index (χ1n) is 11.3. The Balaban J connectivity index is 1.31. The monoisotopic (exact) mass is 482 g/mol. The highest BCUT2D eigenvalue weighted by atomic mass is 32.1. The molecule has 2 bridgehead atoms. The van der Waals surface area contributed by atoms with Gasteiger partial charge in [0.2, 0.25) is 5.91 Å². The molecule has 5 heterocycles. The molecule has 2 fully saturated rings. The fraction of sp³-hybridized carbons (Fsp3) is 0.478. The van der Waals surface area contributed by atoms with Gasteiger partial charge in [-0.3, -0.25) is 24.4 Å². The van der Waals surface area contributed by atoms with E-state index in [0.29, 0.717) is 6.42 Å². The number of carbonyl (C=O) groups is 2. The quantitative estimate of drug-likeness (QED) is 0.580. The smallest absolute Gasteiger partial charge is 0.327 e. The number of rotatable bonds is 4. The van der Waals surface area contributed by atoms with E-state index in [-0.39, 0.29) is 46.5 Å². The second kappa shape index (κ2) is 8.46. The van der Waals surface area contributed by atoms with Gasteiger partial charge in [0.05, 0.1) is 28.1 Å². The van der Waals surface area contributed by atoms with Crippen molar-refractivity contribution in [1.82, 2.24) is 29.7 Å². The molecule has 0 radical (unpaired) electrons. The maximum atomic E-state index is 13.2. The van der Waals surface area contributed by atoms with Crippen molar-refractivity contribution in [2.75, 3.05) is 7.05 Å². The minimum atomic E-state index is -0.640. The van der Waals surface area contributed by atoms with Crippen LogP contribution >= 0.6 is 11.3 Å². The lowest BCUT2D eigenvalue weighted by Crippen LogP contribution is -2.53. The Hall–Kier alpha value is -3.34. The van der Waals surface area contributed by atoms with E-state index in [1.807, 2.05) is 18.7 Å². The first-order chi connectivity index (χ1) is 16.2. The van der Waals surface area contributed by atoms with E-state index in [1.165, 1.54) is 12.3 Å². The predicted molar refractivity (Wildman–Crippen MR) is 127 cm³/mol. The van der Waals surface area contributed by atoms with Gasteiger partial charge < -0.3 is 9.80 Å². The summed E-state index contributed by atoms with van der Waals surface area (Å²) in [6, 6.07) is 1.68. The van der Waals surface area contributed by atoms with E-state index in [4.69, 9.17) is 0 Å². The van der Waals surface area contributed by atoms with Crippen LogP contribution < -0.4 is 11.2 Å². The molecule has 0 aliphatic carbocycles. The second-order valence-corrected chi connectivity index (χ2v) is 10.5. The molecule has 2 amide bonds. The van der Waals surface area contributed by atoms with Crippen LogP contribution in [0.4, 0.5) is 0 Å². The third kappa shape index (κ3) is 3.93. The van der Waals surface area contributed by atoms with Gasteiger partial charge >= 0.3 is 5.69 Å². The summed E-state index contributed by atoms with van der Waals surface area (Å²) in [7, 11) is 1.76. The van der Waals surface area contributed by atoms with Crippen LogP contribution in [0, 0.1) is 13.8 Å². The van der Waals surface area contributed by atoms with Crippen molar-refractivity contribution >= 4 is 34.2 Å². The van der Waals surface area contributed by atoms with Crippen LogP contribution in [0.15, 0.2) is 21.9 Å². The summed E-state index contributed by atoms with van der Waals surface area (Å²) in [5, 5.41) is 1.13. The Morgan fingerprint density at radius 1 is 1.18 bits per heavy atom. The molecule has 10 nitrogen and oxygen atoms in total. The van der Waals surface area contributed by atoms with Crippen LogP contribution in [0.3, 0.4) is 0 Å². The molecule has 0 aromatic carbocycles. The average Bonchev–Trinajstić information content (AvgIpc) is 3.25. The van der Waals surface area contributed by atoms with Crippen LogP contribution in [0.1, 0.15) is 51.6 Å². The summed E-state index contributed by atoms with van der Waals surface area (Å²) >= 11 is 1.58. The first kappa shape index (κ1) is 22.5. The average molecular weight is 483 g/mol. The number of H-pyrrole nitrogens is 2. The van der Waals surface area contributed by atoms with Crippen molar-refractivity contribution in [2.24, 2.45) is 0 Å². The number of carbonyl (C=O) groups excluding carboxylic acids is 2. The van der Waals surface area contributed by atoms with E-state index in [9.17, 15) is 19.2 Å². The van der Waals surface area contributed by atoms with Crippen molar-refractivity contribution in [3.8, 4) is 0 Å². The van der Waals surface area contributed by atoms with E-state index in [1.54, 1.807) is 23.3 Å². The number of hydrogen-bond donors (Lipinski definition) is 2. The van der Waals surface area contributed by atoms with Crippen LogP contribution in [0.25, 0.3) is 11.0 Å². The SMILES string of the molecule is Cc1nc(C)c(CC(=O)N2C3CCC2CC(N(C)C(=O)c2cnc4[nH]c(=O)[nH]c(=O)c4c2)C3)s1. The topological polar surface area (TPSA) is 132 Å². The Morgan fingerprint density at radius 2 is 1.88 bits per heavy atom. The summed E-state index contributed by atoms with van der Waals surface area (Å²) in [5.74, 6) is -0.0986. The third-order valence-corrected chi connectivity index (χ3v) is 8.09. The molecule has 3 aromatic heterocycles. The summed E-state index contributed by atoms with van der Waals surface area (Å²) in [6.07, 6.45) is 5.08. The highest BCUT2D eigenvalue weighted by Gasteiger charge is 2.44. The molecule has 178 valence electrons. The number of thiazole rings is 1. The Kier molecular flexibility index (Phi) is 5.59. The van der Waals surface area contributed by atoms with Crippen LogP contribution in [0.5, 0.6) is 0 Å². The number of amides is 2. The minimum Gasteiger partial charge on any atom is -0.339 e. The van der Waals surface area contributed by atoms with E-state index in [0.717, 1.165) is 41.3 Å². The molecule has 2 atom stereocenters. The number of hydrogen-bond acceptors (Lipinski definition) is 7. The standard InChI is InChI=1S/C23H26N6O4S/c1-11-18(34-12(2)25-11)9-19(30)29-14-4-5-15(29)8-16(7-14)28(3)22(32)13-6-17-20(24-10-13)26-23(33)27-21(17)31/h6,10,14-16H,4-5,7-9H2,1-3H3,(H2,24,26,27,31,33). The van der Waals surface area contributed by atoms with Crippen LogP contribution in [0.2, 0.25) is 0 Å². The number of piperidine rings is 1. The van der Waals surface area contributed by atoms with Gasteiger partial charge in [-0.15, -0.1) is 11.3 Å². The van der Waals surface area contributed by atoms with Gasteiger partial charge in [0.15, 0.2) is 0 Å². The molecule has 2 N–H and O–H groups in total. The highest BCUT2D eigenvalue weighted by molar-refractivity contribution is 7.11. The van der Waals surface area contributed by atoms with Gasteiger partial charge in [0.25, 0.3) is 11.5 Å². The number of aryl methyl sites for hydroxylation is 2. The number of aromatic nitrogens is 4. The largest absolute Gasteiger partial charge is 0.339 e. The number of nitrogens with one attached hydrogen (secondary N) is 2. The fourth-order valence-corrected chi connectivity index (χ4v) is 6.30. The fourth-order valence-electron chi connectivity index (χ4n) is 5.37. The Bertz CT molecular complexity index is 1390.